The van der Waals surface area contributed by atoms with Crippen LogP contribution in [0.5, 0.6) is 11.8 Å². The summed E-state index contributed by atoms with van der Waals surface area (Å²) in [6, 6.07) is 6.83. The molecule has 0 unspecified atom stereocenters. The van der Waals surface area contributed by atoms with Crippen molar-refractivity contribution in [2.75, 3.05) is 18.6 Å². The lowest BCUT2D eigenvalue weighted by Crippen LogP contribution is -2.20. The van der Waals surface area contributed by atoms with E-state index in [2.05, 4.69) is 16.9 Å². The second-order valence-corrected chi connectivity index (χ2v) is 7.02. The van der Waals surface area contributed by atoms with Crippen LogP contribution in [-0.2, 0) is 6.18 Å². The lowest BCUT2D eigenvalue weighted by Gasteiger charge is -2.23. The molecule has 160 valence electrons. The first-order valence-corrected chi connectivity index (χ1v) is 9.79. The minimum Gasteiger partial charge on any atom is -0.494 e. The average Bonchev–Trinajstić information content (AvgIpc) is 2.66. The molecule has 0 aliphatic heterocycles. The molecule has 1 aromatic heterocycles. The van der Waals surface area contributed by atoms with Gasteiger partial charge in [-0.3, -0.25) is 0 Å². The number of halogens is 3. The lowest BCUT2D eigenvalue weighted by atomic mass is 10.2. The van der Waals surface area contributed by atoms with E-state index >= 15 is 0 Å². The standard InChI is InChI=1S/C21H28F3N3O2/c1-5-6-7-8-12-28-17-11-9-10-16(13-17)27(4)19-18(21(22,23)24)14-25-20(26-19)29-15(2)3/h9-11,13-15H,5-8,12H2,1-4H3. The van der Waals surface area contributed by atoms with Gasteiger partial charge in [0.25, 0.3) is 0 Å². The zero-order valence-electron chi connectivity index (χ0n) is 17.3. The van der Waals surface area contributed by atoms with Crippen LogP contribution in [0.25, 0.3) is 0 Å². The number of alkyl halides is 3. The third-order valence-electron chi connectivity index (χ3n) is 4.18. The van der Waals surface area contributed by atoms with Crippen molar-refractivity contribution in [1.82, 2.24) is 9.97 Å². The Morgan fingerprint density at radius 3 is 2.55 bits per heavy atom. The Morgan fingerprint density at radius 1 is 1.14 bits per heavy atom. The minimum atomic E-state index is -4.59. The monoisotopic (exact) mass is 411 g/mol. The smallest absolute Gasteiger partial charge is 0.421 e. The second-order valence-electron chi connectivity index (χ2n) is 7.02. The van der Waals surface area contributed by atoms with Crippen LogP contribution in [0, 0.1) is 0 Å². The van der Waals surface area contributed by atoms with Crippen molar-refractivity contribution < 1.29 is 22.6 Å². The van der Waals surface area contributed by atoms with Gasteiger partial charge in [0, 0.05) is 25.0 Å². The molecule has 0 amide bonds. The van der Waals surface area contributed by atoms with Crippen LogP contribution in [0.3, 0.4) is 0 Å². The summed E-state index contributed by atoms with van der Waals surface area (Å²) in [7, 11) is 1.52. The molecule has 0 radical (unpaired) electrons. The number of ether oxygens (including phenoxy) is 2. The third kappa shape index (κ3) is 6.80. The molecule has 1 heterocycles. The van der Waals surface area contributed by atoms with Gasteiger partial charge in [-0.2, -0.15) is 18.2 Å². The fourth-order valence-electron chi connectivity index (χ4n) is 2.70. The van der Waals surface area contributed by atoms with Gasteiger partial charge in [-0.1, -0.05) is 32.3 Å². The maximum Gasteiger partial charge on any atom is 0.421 e. The Hall–Kier alpha value is -2.51. The Labute approximate surface area is 169 Å². The molecular formula is C21H28F3N3O2. The van der Waals surface area contributed by atoms with E-state index in [1.165, 1.54) is 11.9 Å². The molecule has 1 aromatic carbocycles. The van der Waals surface area contributed by atoms with Crippen molar-refractivity contribution in [3.63, 3.8) is 0 Å². The van der Waals surface area contributed by atoms with Gasteiger partial charge in [0.15, 0.2) is 5.82 Å². The first kappa shape index (κ1) is 22.8. The van der Waals surface area contributed by atoms with Crippen LogP contribution in [0.15, 0.2) is 30.5 Å². The number of nitrogens with zero attached hydrogens (tertiary/aromatic N) is 3. The molecule has 8 heteroatoms. The summed E-state index contributed by atoms with van der Waals surface area (Å²) < 4.78 is 51.6. The molecule has 0 aliphatic rings. The van der Waals surface area contributed by atoms with E-state index in [0.717, 1.165) is 31.9 Å². The summed E-state index contributed by atoms with van der Waals surface area (Å²) in [6.07, 6.45) is 0.231. The Morgan fingerprint density at radius 2 is 1.90 bits per heavy atom. The number of rotatable bonds is 10. The summed E-state index contributed by atoms with van der Waals surface area (Å²) in [5, 5.41) is 0. The molecule has 0 aliphatic carbocycles. The van der Waals surface area contributed by atoms with Crippen LogP contribution in [-0.4, -0.2) is 29.7 Å². The number of anilines is 2. The predicted octanol–water partition coefficient (Wildman–Crippen LogP) is 6.01. The van der Waals surface area contributed by atoms with E-state index in [-0.39, 0.29) is 17.9 Å². The molecule has 2 aromatic rings. The summed E-state index contributed by atoms with van der Waals surface area (Å²) in [6.45, 7) is 6.22. The zero-order valence-corrected chi connectivity index (χ0v) is 17.3. The van der Waals surface area contributed by atoms with Gasteiger partial charge in [0.05, 0.1) is 12.7 Å². The molecule has 5 nitrogen and oxygen atoms in total. The SMILES string of the molecule is CCCCCCOc1cccc(N(C)c2nc(OC(C)C)ncc2C(F)(F)F)c1. The van der Waals surface area contributed by atoms with E-state index in [1.54, 1.807) is 38.1 Å². The minimum absolute atomic E-state index is 0.0989. The summed E-state index contributed by atoms with van der Waals surface area (Å²) in [5.74, 6) is 0.329. The number of hydrogen-bond acceptors (Lipinski definition) is 5. The van der Waals surface area contributed by atoms with E-state index < -0.39 is 11.7 Å². The van der Waals surface area contributed by atoms with Crippen molar-refractivity contribution >= 4 is 11.5 Å². The topological polar surface area (TPSA) is 47.5 Å². The number of hydrogen-bond donors (Lipinski definition) is 0. The van der Waals surface area contributed by atoms with E-state index in [0.29, 0.717) is 18.0 Å². The van der Waals surface area contributed by atoms with Crippen LogP contribution >= 0.6 is 0 Å². The largest absolute Gasteiger partial charge is 0.494 e. The molecule has 0 saturated carbocycles. The first-order valence-electron chi connectivity index (χ1n) is 9.79. The van der Waals surface area contributed by atoms with E-state index in [9.17, 15) is 13.2 Å². The Balaban J connectivity index is 2.25. The fourth-order valence-corrected chi connectivity index (χ4v) is 2.70. The van der Waals surface area contributed by atoms with E-state index in [4.69, 9.17) is 9.47 Å². The molecule has 0 bridgehead atoms. The highest BCUT2D eigenvalue weighted by atomic mass is 19.4. The van der Waals surface area contributed by atoms with E-state index in [1.807, 2.05) is 0 Å². The maximum atomic E-state index is 13.5. The van der Waals surface area contributed by atoms with Crippen molar-refractivity contribution in [2.45, 2.75) is 58.7 Å². The van der Waals surface area contributed by atoms with Crippen molar-refractivity contribution in [3.8, 4) is 11.8 Å². The number of aromatic nitrogens is 2. The number of benzene rings is 1. The molecular weight excluding hydrogens is 383 g/mol. The van der Waals surface area contributed by atoms with Crippen LogP contribution in [0.2, 0.25) is 0 Å². The molecule has 0 atom stereocenters. The quantitative estimate of drug-likeness (QED) is 0.448. The van der Waals surface area contributed by atoms with Crippen molar-refractivity contribution in [1.29, 1.82) is 0 Å². The Bertz CT molecular complexity index is 782. The van der Waals surface area contributed by atoms with Gasteiger partial charge in [0.2, 0.25) is 0 Å². The molecule has 2 rings (SSSR count). The van der Waals surface area contributed by atoms with Gasteiger partial charge in [-0.15, -0.1) is 0 Å². The second kappa shape index (κ2) is 10.3. The summed E-state index contributed by atoms with van der Waals surface area (Å²) in [5.41, 5.74) is -0.405. The molecule has 0 N–H and O–H groups in total. The van der Waals surface area contributed by atoms with Crippen LogP contribution in [0.4, 0.5) is 24.7 Å². The zero-order chi connectivity index (χ0) is 21.4. The first-order chi connectivity index (χ1) is 13.7. The summed E-state index contributed by atoms with van der Waals surface area (Å²) >= 11 is 0. The summed E-state index contributed by atoms with van der Waals surface area (Å²) in [4.78, 5) is 9.08. The number of unbranched alkanes of at least 4 members (excludes halogenated alkanes) is 3. The molecule has 0 saturated heterocycles. The molecule has 29 heavy (non-hydrogen) atoms. The van der Waals surface area contributed by atoms with Gasteiger partial charge in [-0.05, 0) is 32.4 Å². The predicted molar refractivity (Wildman–Crippen MR) is 107 cm³/mol. The Kier molecular flexibility index (Phi) is 8.10. The highest BCUT2D eigenvalue weighted by Crippen LogP contribution is 2.38. The highest BCUT2D eigenvalue weighted by molar-refractivity contribution is 5.64. The third-order valence-corrected chi connectivity index (χ3v) is 4.18. The van der Waals surface area contributed by atoms with Gasteiger partial charge < -0.3 is 14.4 Å². The maximum absolute atomic E-state index is 13.5. The van der Waals surface area contributed by atoms with Crippen molar-refractivity contribution in [2.24, 2.45) is 0 Å². The van der Waals surface area contributed by atoms with Crippen LogP contribution in [0.1, 0.15) is 52.0 Å². The van der Waals surface area contributed by atoms with Gasteiger partial charge in [0.1, 0.15) is 11.3 Å². The fraction of sp³-hybridized carbons (Fsp3) is 0.524. The molecule has 0 fully saturated rings. The lowest BCUT2D eigenvalue weighted by molar-refractivity contribution is -0.137. The van der Waals surface area contributed by atoms with Crippen molar-refractivity contribution in [3.05, 3.63) is 36.0 Å². The van der Waals surface area contributed by atoms with Gasteiger partial charge in [-0.25, -0.2) is 4.98 Å². The normalized spacial score (nSPS) is 11.6. The molecule has 0 spiro atoms. The average molecular weight is 411 g/mol. The highest BCUT2D eigenvalue weighted by Gasteiger charge is 2.37. The van der Waals surface area contributed by atoms with Crippen LogP contribution < -0.4 is 14.4 Å². The van der Waals surface area contributed by atoms with Gasteiger partial charge >= 0.3 is 12.2 Å².